The smallest absolute Gasteiger partial charge is 0.254 e. The van der Waals surface area contributed by atoms with Gasteiger partial charge in [0.2, 0.25) is 0 Å². The summed E-state index contributed by atoms with van der Waals surface area (Å²) in [6.45, 7) is 0.689. The van der Waals surface area contributed by atoms with E-state index in [2.05, 4.69) is 31.9 Å². The van der Waals surface area contributed by atoms with Gasteiger partial charge in [-0.15, -0.1) is 0 Å². The van der Waals surface area contributed by atoms with Crippen molar-refractivity contribution in [1.82, 2.24) is 4.90 Å². The molecule has 0 N–H and O–H groups in total. The van der Waals surface area contributed by atoms with E-state index in [-0.39, 0.29) is 10.4 Å². The number of hydrogen-bond acceptors (Lipinski definition) is 1. The summed E-state index contributed by atoms with van der Waals surface area (Å²) in [7, 11) is 1.74. The SMILES string of the molecule is CN(CCCCCBr)C(=O)c1cccc(F)c1Br. The Hall–Kier alpha value is -0.420. The number of nitrogens with zero attached hydrogens (tertiary/aromatic N) is 1. The van der Waals surface area contributed by atoms with Crippen LogP contribution in [0.25, 0.3) is 0 Å². The molecule has 0 aromatic heterocycles. The number of benzene rings is 1. The molecule has 0 atom stereocenters. The molecule has 5 heteroatoms. The third-order valence-corrected chi connectivity index (χ3v) is 4.02. The lowest BCUT2D eigenvalue weighted by molar-refractivity contribution is 0.0791. The number of carbonyl (C=O) groups is 1. The van der Waals surface area contributed by atoms with Crippen molar-refractivity contribution in [2.45, 2.75) is 19.3 Å². The van der Waals surface area contributed by atoms with Gasteiger partial charge in [-0.1, -0.05) is 28.4 Å². The molecule has 0 aliphatic rings. The number of carbonyl (C=O) groups excluding carboxylic acids is 1. The quantitative estimate of drug-likeness (QED) is 0.534. The van der Waals surface area contributed by atoms with Crippen molar-refractivity contribution in [2.24, 2.45) is 0 Å². The van der Waals surface area contributed by atoms with Crippen LogP contribution in [0, 0.1) is 5.82 Å². The molecule has 18 heavy (non-hydrogen) atoms. The number of hydrogen-bond donors (Lipinski definition) is 0. The van der Waals surface area contributed by atoms with E-state index in [0.29, 0.717) is 12.1 Å². The minimum absolute atomic E-state index is 0.153. The Balaban J connectivity index is 2.60. The maximum atomic E-state index is 13.3. The zero-order valence-electron chi connectivity index (χ0n) is 10.3. The van der Waals surface area contributed by atoms with Gasteiger partial charge in [-0.25, -0.2) is 4.39 Å². The normalized spacial score (nSPS) is 10.4. The first-order chi connectivity index (χ1) is 8.57. The summed E-state index contributed by atoms with van der Waals surface area (Å²) in [5.74, 6) is -0.561. The standard InChI is InChI=1S/C13H16Br2FNO/c1-17(9-4-2-3-8-14)13(18)10-6-5-7-11(16)12(10)15/h5-7H,2-4,8-9H2,1H3. The van der Waals surface area contributed by atoms with E-state index in [0.717, 1.165) is 24.6 Å². The molecule has 0 bridgehead atoms. The van der Waals surface area contributed by atoms with E-state index in [1.165, 1.54) is 6.07 Å². The molecule has 0 fully saturated rings. The van der Waals surface area contributed by atoms with Crippen molar-refractivity contribution in [2.75, 3.05) is 18.9 Å². The highest BCUT2D eigenvalue weighted by Crippen LogP contribution is 2.21. The molecule has 0 heterocycles. The molecular formula is C13H16Br2FNO. The fraction of sp³-hybridized carbons (Fsp3) is 0.462. The summed E-state index contributed by atoms with van der Waals surface area (Å²) < 4.78 is 13.6. The topological polar surface area (TPSA) is 20.3 Å². The van der Waals surface area contributed by atoms with Gasteiger partial charge in [0.05, 0.1) is 10.0 Å². The molecule has 0 unspecified atom stereocenters. The summed E-state index contributed by atoms with van der Waals surface area (Å²) in [5, 5.41) is 0.986. The van der Waals surface area contributed by atoms with Gasteiger partial charge in [-0.2, -0.15) is 0 Å². The third kappa shape index (κ3) is 4.35. The van der Waals surface area contributed by atoms with Gasteiger partial charge >= 0.3 is 0 Å². The van der Waals surface area contributed by atoms with Crippen LogP contribution in [0.3, 0.4) is 0 Å². The van der Waals surface area contributed by atoms with Crippen LogP contribution in [0.2, 0.25) is 0 Å². The Morgan fingerprint density at radius 3 is 2.72 bits per heavy atom. The number of halogens is 3. The van der Waals surface area contributed by atoms with Crippen LogP contribution >= 0.6 is 31.9 Å². The van der Waals surface area contributed by atoms with Crippen LogP contribution in [0.1, 0.15) is 29.6 Å². The minimum Gasteiger partial charge on any atom is -0.342 e. The number of alkyl halides is 1. The van der Waals surface area contributed by atoms with Gasteiger partial charge in [-0.3, -0.25) is 4.79 Å². The Bertz CT molecular complexity index is 412. The van der Waals surface area contributed by atoms with Gasteiger partial charge in [0.15, 0.2) is 0 Å². The molecule has 0 aliphatic carbocycles. The summed E-state index contributed by atoms with van der Waals surface area (Å²) >= 11 is 6.48. The first kappa shape index (κ1) is 15.6. The molecule has 0 spiro atoms. The monoisotopic (exact) mass is 379 g/mol. The highest BCUT2D eigenvalue weighted by molar-refractivity contribution is 9.10. The lowest BCUT2D eigenvalue weighted by Gasteiger charge is -2.18. The van der Waals surface area contributed by atoms with Gasteiger partial charge in [0, 0.05) is 18.9 Å². The summed E-state index contributed by atoms with van der Waals surface area (Å²) in [6, 6.07) is 4.51. The maximum absolute atomic E-state index is 13.3. The summed E-state index contributed by atoms with van der Waals surface area (Å²) in [5.41, 5.74) is 0.373. The Kier molecular flexibility index (Phi) is 6.86. The van der Waals surface area contributed by atoms with Crippen LogP contribution in [-0.4, -0.2) is 29.7 Å². The zero-order valence-corrected chi connectivity index (χ0v) is 13.4. The van der Waals surface area contributed by atoms with Crippen molar-refractivity contribution >= 4 is 37.8 Å². The van der Waals surface area contributed by atoms with Crippen LogP contribution in [-0.2, 0) is 0 Å². The van der Waals surface area contributed by atoms with E-state index in [9.17, 15) is 9.18 Å². The molecule has 2 nitrogen and oxygen atoms in total. The van der Waals surface area contributed by atoms with Crippen LogP contribution < -0.4 is 0 Å². The molecule has 1 rings (SSSR count). The molecule has 0 aliphatic heterocycles. The average molecular weight is 381 g/mol. The van der Waals surface area contributed by atoms with Gasteiger partial charge in [-0.05, 0) is 40.9 Å². The molecule has 1 amide bonds. The second-order valence-corrected chi connectivity index (χ2v) is 5.66. The average Bonchev–Trinajstić information content (AvgIpc) is 2.37. The minimum atomic E-state index is -0.409. The second kappa shape index (κ2) is 7.89. The van der Waals surface area contributed by atoms with E-state index >= 15 is 0 Å². The number of rotatable bonds is 6. The highest BCUT2D eigenvalue weighted by atomic mass is 79.9. The Morgan fingerprint density at radius 2 is 2.06 bits per heavy atom. The Labute approximate surface area is 124 Å². The van der Waals surface area contributed by atoms with E-state index in [1.807, 2.05) is 0 Å². The lowest BCUT2D eigenvalue weighted by atomic mass is 10.2. The van der Waals surface area contributed by atoms with Gasteiger partial charge < -0.3 is 4.90 Å². The van der Waals surface area contributed by atoms with Crippen LogP contribution in [0.4, 0.5) is 4.39 Å². The molecule has 100 valence electrons. The predicted molar refractivity (Wildman–Crippen MR) is 78.7 cm³/mol. The molecular weight excluding hydrogens is 365 g/mol. The van der Waals surface area contributed by atoms with Crippen molar-refractivity contribution in [3.63, 3.8) is 0 Å². The molecule has 1 aromatic carbocycles. The van der Waals surface area contributed by atoms with Crippen molar-refractivity contribution in [3.8, 4) is 0 Å². The number of unbranched alkanes of at least 4 members (excludes halogenated alkanes) is 2. The first-order valence-electron chi connectivity index (χ1n) is 5.83. The fourth-order valence-corrected chi connectivity index (χ4v) is 2.43. The van der Waals surface area contributed by atoms with Crippen LogP contribution in [0.15, 0.2) is 22.7 Å². The van der Waals surface area contributed by atoms with Gasteiger partial charge in [0.25, 0.3) is 5.91 Å². The zero-order chi connectivity index (χ0) is 13.5. The largest absolute Gasteiger partial charge is 0.342 e. The fourth-order valence-electron chi connectivity index (χ4n) is 1.60. The molecule has 1 aromatic rings. The van der Waals surface area contributed by atoms with Crippen LogP contribution in [0.5, 0.6) is 0 Å². The number of amides is 1. The third-order valence-electron chi connectivity index (χ3n) is 2.66. The molecule has 0 saturated heterocycles. The van der Waals surface area contributed by atoms with E-state index in [4.69, 9.17) is 0 Å². The van der Waals surface area contributed by atoms with Crippen molar-refractivity contribution in [1.29, 1.82) is 0 Å². The van der Waals surface area contributed by atoms with E-state index < -0.39 is 5.82 Å². The summed E-state index contributed by atoms with van der Waals surface area (Å²) in [4.78, 5) is 13.7. The maximum Gasteiger partial charge on any atom is 0.254 e. The molecule has 0 radical (unpaired) electrons. The van der Waals surface area contributed by atoms with Crippen molar-refractivity contribution < 1.29 is 9.18 Å². The summed E-state index contributed by atoms with van der Waals surface area (Å²) in [6.07, 6.45) is 3.14. The first-order valence-corrected chi connectivity index (χ1v) is 7.74. The molecule has 0 saturated carbocycles. The Morgan fingerprint density at radius 1 is 1.33 bits per heavy atom. The van der Waals surface area contributed by atoms with Gasteiger partial charge in [0.1, 0.15) is 5.82 Å². The van der Waals surface area contributed by atoms with Crippen molar-refractivity contribution in [3.05, 3.63) is 34.1 Å². The predicted octanol–water partition coefficient (Wildman–Crippen LogP) is 4.23. The van der Waals surface area contributed by atoms with E-state index in [1.54, 1.807) is 24.1 Å². The second-order valence-electron chi connectivity index (χ2n) is 4.08. The highest BCUT2D eigenvalue weighted by Gasteiger charge is 2.16. The lowest BCUT2D eigenvalue weighted by Crippen LogP contribution is -2.28.